The van der Waals surface area contributed by atoms with Gasteiger partial charge in [-0.05, 0) is 6.92 Å². The van der Waals surface area contributed by atoms with Crippen molar-refractivity contribution in [3.8, 4) is 0 Å². The van der Waals surface area contributed by atoms with Crippen LogP contribution in [0.15, 0.2) is 0 Å². The van der Waals surface area contributed by atoms with Crippen LogP contribution in [0.2, 0.25) is 0 Å². The van der Waals surface area contributed by atoms with Crippen LogP contribution in [0.1, 0.15) is 17.2 Å². The molecule has 1 heterocycles. The number of imidazole rings is 1. The van der Waals surface area contributed by atoms with Gasteiger partial charge in [-0.3, -0.25) is 0 Å². The molecule has 68 valence electrons. The van der Waals surface area contributed by atoms with Gasteiger partial charge in [-0.25, -0.2) is 4.98 Å². The van der Waals surface area contributed by atoms with Crippen LogP contribution in [0.25, 0.3) is 0 Å². The summed E-state index contributed by atoms with van der Waals surface area (Å²) in [5.74, 6) is 0.225. The van der Waals surface area contributed by atoms with Crippen molar-refractivity contribution in [1.82, 2.24) is 9.97 Å². The molecule has 0 spiro atoms. The quantitative estimate of drug-likeness (QED) is 0.680. The second-order valence-electron chi connectivity index (χ2n) is 2.35. The SMILES string of the molecule is Cc1nc(C(F)(F)F)c(CN)[nH]1. The molecule has 0 amide bonds. The minimum Gasteiger partial charge on any atom is -0.345 e. The Hall–Kier alpha value is -1.04. The van der Waals surface area contributed by atoms with E-state index in [1.54, 1.807) is 0 Å². The molecule has 3 nitrogen and oxygen atoms in total. The molecule has 0 radical (unpaired) electrons. The summed E-state index contributed by atoms with van der Waals surface area (Å²) in [4.78, 5) is 5.74. The monoisotopic (exact) mass is 179 g/mol. The molecule has 0 aliphatic rings. The molecule has 0 bridgehead atoms. The number of hydrogen-bond acceptors (Lipinski definition) is 2. The molecule has 1 aromatic heterocycles. The van der Waals surface area contributed by atoms with Crippen LogP contribution >= 0.6 is 0 Å². The number of rotatable bonds is 1. The number of alkyl halides is 3. The first-order valence-electron chi connectivity index (χ1n) is 3.28. The van der Waals surface area contributed by atoms with Crippen LogP contribution in [0.5, 0.6) is 0 Å². The standard InChI is InChI=1S/C6H8F3N3/c1-3-11-4(2-10)5(12-3)6(7,8)9/h2,10H2,1H3,(H,11,12). The number of aromatic amines is 1. The lowest BCUT2D eigenvalue weighted by Gasteiger charge is -2.03. The van der Waals surface area contributed by atoms with Crippen LogP contribution in [-0.2, 0) is 12.7 Å². The molecule has 3 N–H and O–H groups in total. The Labute approximate surface area is 66.8 Å². The number of hydrogen-bond donors (Lipinski definition) is 2. The van der Waals surface area contributed by atoms with Crippen molar-refractivity contribution in [3.05, 3.63) is 17.2 Å². The van der Waals surface area contributed by atoms with E-state index in [9.17, 15) is 13.2 Å². The highest BCUT2D eigenvalue weighted by Crippen LogP contribution is 2.29. The zero-order valence-corrected chi connectivity index (χ0v) is 6.37. The predicted molar refractivity (Wildman–Crippen MR) is 36.2 cm³/mol. The summed E-state index contributed by atoms with van der Waals surface area (Å²) in [5.41, 5.74) is 4.11. The molecule has 0 atom stereocenters. The molecule has 1 aromatic rings. The average Bonchev–Trinajstić information content (AvgIpc) is 2.29. The number of nitrogens with zero attached hydrogens (tertiary/aromatic N) is 1. The van der Waals surface area contributed by atoms with Crippen LogP contribution < -0.4 is 5.73 Å². The van der Waals surface area contributed by atoms with Gasteiger partial charge in [-0.1, -0.05) is 0 Å². The summed E-state index contributed by atoms with van der Waals surface area (Å²) in [7, 11) is 0. The van der Waals surface area contributed by atoms with Crippen molar-refractivity contribution >= 4 is 0 Å². The maximum Gasteiger partial charge on any atom is 0.435 e. The van der Waals surface area contributed by atoms with Crippen LogP contribution in [0.3, 0.4) is 0 Å². The van der Waals surface area contributed by atoms with Gasteiger partial charge in [0.2, 0.25) is 0 Å². The Kier molecular flexibility index (Phi) is 2.10. The second-order valence-corrected chi connectivity index (χ2v) is 2.35. The smallest absolute Gasteiger partial charge is 0.345 e. The third-order valence-electron chi connectivity index (χ3n) is 1.37. The fourth-order valence-corrected chi connectivity index (χ4v) is 0.923. The van der Waals surface area contributed by atoms with Gasteiger partial charge in [0.25, 0.3) is 0 Å². The highest BCUT2D eigenvalue weighted by molar-refractivity contribution is 5.17. The van der Waals surface area contributed by atoms with E-state index in [4.69, 9.17) is 5.73 Å². The molecule has 0 unspecified atom stereocenters. The van der Waals surface area contributed by atoms with Gasteiger partial charge in [-0.15, -0.1) is 0 Å². The summed E-state index contributed by atoms with van der Waals surface area (Å²) in [6.07, 6.45) is -4.42. The van der Waals surface area contributed by atoms with Crippen LogP contribution in [-0.4, -0.2) is 9.97 Å². The summed E-state index contributed by atoms with van der Waals surface area (Å²) in [6.45, 7) is 1.27. The van der Waals surface area contributed by atoms with E-state index in [0.29, 0.717) is 0 Å². The first kappa shape index (κ1) is 9.05. The van der Waals surface area contributed by atoms with Crippen LogP contribution in [0, 0.1) is 6.92 Å². The predicted octanol–water partition coefficient (Wildman–Crippen LogP) is 1.20. The zero-order chi connectivity index (χ0) is 9.35. The van der Waals surface area contributed by atoms with E-state index in [1.807, 2.05) is 0 Å². The summed E-state index contributed by atoms with van der Waals surface area (Å²) >= 11 is 0. The maximum absolute atomic E-state index is 12.1. The van der Waals surface area contributed by atoms with E-state index >= 15 is 0 Å². The molecule has 12 heavy (non-hydrogen) atoms. The third-order valence-corrected chi connectivity index (χ3v) is 1.37. The molecule has 0 fully saturated rings. The topological polar surface area (TPSA) is 54.7 Å². The summed E-state index contributed by atoms with van der Waals surface area (Å²) in [5, 5.41) is 0. The number of H-pyrrole nitrogens is 1. The average molecular weight is 179 g/mol. The summed E-state index contributed by atoms with van der Waals surface area (Å²) in [6, 6.07) is 0. The largest absolute Gasteiger partial charge is 0.435 e. The van der Waals surface area contributed by atoms with Crippen LogP contribution in [0.4, 0.5) is 13.2 Å². The molecule has 0 aliphatic carbocycles. The fraction of sp³-hybridized carbons (Fsp3) is 0.500. The molecule has 1 rings (SSSR count). The van der Waals surface area contributed by atoms with E-state index in [1.165, 1.54) is 6.92 Å². The second kappa shape index (κ2) is 2.78. The number of nitrogens with one attached hydrogen (secondary N) is 1. The van der Waals surface area contributed by atoms with E-state index in [0.717, 1.165) is 0 Å². The molecule has 0 aromatic carbocycles. The van der Waals surface area contributed by atoms with Gasteiger partial charge in [0.1, 0.15) is 5.82 Å². The van der Waals surface area contributed by atoms with Crippen molar-refractivity contribution < 1.29 is 13.2 Å². The normalized spacial score (nSPS) is 12.1. The highest BCUT2D eigenvalue weighted by Gasteiger charge is 2.36. The van der Waals surface area contributed by atoms with E-state index in [-0.39, 0.29) is 18.1 Å². The number of nitrogens with two attached hydrogens (primary N) is 1. The molecule has 6 heteroatoms. The van der Waals surface area contributed by atoms with Gasteiger partial charge in [0.15, 0.2) is 5.69 Å². The minimum absolute atomic E-state index is 0.0694. The van der Waals surface area contributed by atoms with Gasteiger partial charge in [0.05, 0.1) is 5.69 Å². The lowest BCUT2D eigenvalue weighted by molar-refractivity contribution is -0.141. The van der Waals surface area contributed by atoms with Crippen molar-refractivity contribution in [2.24, 2.45) is 5.73 Å². The molecule has 0 saturated heterocycles. The Morgan fingerprint density at radius 2 is 2.08 bits per heavy atom. The zero-order valence-electron chi connectivity index (χ0n) is 6.37. The lowest BCUT2D eigenvalue weighted by Crippen LogP contribution is -2.11. The van der Waals surface area contributed by atoms with E-state index in [2.05, 4.69) is 9.97 Å². The number of halogens is 3. The first-order valence-corrected chi connectivity index (χ1v) is 3.28. The van der Waals surface area contributed by atoms with Gasteiger partial charge >= 0.3 is 6.18 Å². The van der Waals surface area contributed by atoms with E-state index < -0.39 is 11.9 Å². The van der Waals surface area contributed by atoms with Crippen molar-refractivity contribution in [3.63, 3.8) is 0 Å². The Balaban J connectivity index is 3.13. The van der Waals surface area contributed by atoms with Crippen molar-refractivity contribution in [1.29, 1.82) is 0 Å². The van der Waals surface area contributed by atoms with Crippen molar-refractivity contribution in [2.45, 2.75) is 19.6 Å². The maximum atomic E-state index is 12.1. The third kappa shape index (κ3) is 1.58. The lowest BCUT2D eigenvalue weighted by atomic mass is 10.3. The Morgan fingerprint density at radius 3 is 2.42 bits per heavy atom. The number of aryl methyl sites for hydroxylation is 1. The fourth-order valence-electron chi connectivity index (χ4n) is 0.923. The van der Waals surface area contributed by atoms with Crippen molar-refractivity contribution in [2.75, 3.05) is 0 Å². The van der Waals surface area contributed by atoms with Gasteiger partial charge < -0.3 is 10.7 Å². The highest BCUT2D eigenvalue weighted by atomic mass is 19.4. The minimum atomic E-state index is -4.42. The van der Waals surface area contributed by atoms with Gasteiger partial charge in [-0.2, -0.15) is 13.2 Å². The first-order chi connectivity index (χ1) is 5.45. The molecule has 0 aliphatic heterocycles. The summed E-state index contributed by atoms with van der Waals surface area (Å²) < 4.78 is 36.3. The molecular formula is C6H8F3N3. The van der Waals surface area contributed by atoms with Gasteiger partial charge in [0, 0.05) is 6.54 Å². The number of aromatic nitrogens is 2. The molecule has 0 saturated carbocycles. The molecular weight excluding hydrogens is 171 g/mol. The Morgan fingerprint density at radius 1 is 1.50 bits per heavy atom. The Bertz CT molecular complexity index is 276.